The SMILES string of the molecule is Cc1ccc(Nc2cc(N)cc(N)c2)cc1. The Kier molecular flexibility index (Phi) is 2.68. The van der Waals surface area contributed by atoms with Crippen molar-refractivity contribution < 1.29 is 0 Å². The van der Waals surface area contributed by atoms with Crippen LogP contribution in [0.5, 0.6) is 0 Å². The molecule has 2 aromatic rings. The number of hydrogen-bond acceptors (Lipinski definition) is 3. The first kappa shape index (κ1) is 10.4. The van der Waals surface area contributed by atoms with Crippen molar-refractivity contribution in [2.45, 2.75) is 6.92 Å². The Morgan fingerprint density at radius 3 is 1.94 bits per heavy atom. The lowest BCUT2D eigenvalue weighted by atomic mass is 10.2. The molecule has 2 aromatic carbocycles. The molecule has 0 heterocycles. The third kappa shape index (κ3) is 2.45. The summed E-state index contributed by atoms with van der Waals surface area (Å²) in [5, 5.41) is 3.25. The van der Waals surface area contributed by atoms with E-state index in [0.717, 1.165) is 11.4 Å². The second-order valence-corrected chi connectivity index (χ2v) is 3.88. The zero-order valence-electron chi connectivity index (χ0n) is 9.20. The highest BCUT2D eigenvalue weighted by Gasteiger charge is 1.97. The molecule has 0 unspecified atom stereocenters. The second-order valence-electron chi connectivity index (χ2n) is 3.88. The van der Waals surface area contributed by atoms with E-state index >= 15 is 0 Å². The maximum absolute atomic E-state index is 5.72. The molecular weight excluding hydrogens is 198 g/mol. The van der Waals surface area contributed by atoms with Crippen molar-refractivity contribution in [1.29, 1.82) is 0 Å². The lowest BCUT2D eigenvalue weighted by Gasteiger charge is -2.08. The molecule has 0 bridgehead atoms. The number of nitrogens with one attached hydrogen (secondary N) is 1. The van der Waals surface area contributed by atoms with Gasteiger partial charge in [-0.2, -0.15) is 0 Å². The molecule has 0 amide bonds. The predicted octanol–water partition coefficient (Wildman–Crippen LogP) is 2.90. The molecule has 0 spiro atoms. The van der Waals surface area contributed by atoms with Crippen LogP contribution in [0.1, 0.15) is 5.56 Å². The first-order chi connectivity index (χ1) is 7.63. The van der Waals surface area contributed by atoms with Gasteiger partial charge in [0, 0.05) is 22.7 Å². The summed E-state index contributed by atoms with van der Waals surface area (Å²) in [5.41, 5.74) is 15.9. The van der Waals surface area contributed by atoms with Gasteiger partial charge in [-0.3, -0.25) is 0 Å². The maximum atomic E-state index is 5.72. The summed E-state index contributed by atoms with van der Waals surface area (Å²) in [4.78, 5) is 0. The molecule has 16 heavy (non-hydrogen) atoms. The molecule has 0 radical (unpaired) electrons. The third-order valence-corrected chi connectivity index (χ3v) is 2.32. The van der Waals surface area contributed by atoms with Crippen LogP contribution in [0.2, 0.25) is 0 Å². The van der Waals surface area contributed by atoms with Gasteiger partial charge in [0.05, 0.1) is 0 Å². The molecule has 0 aliphatic heterocycles. The molecule has 3 heteroatoms. The van der Waals surface area contributed by atoms with Gasteiger partial charge in [0.1, 0.15) is 0 Å². The van der Waals surface area contributed by atoms with E-state index in [-0.39, 0.29) is 0 Å². The fraction of sp³-hybridized carbons (Fsp3) is 0.0769. The van der Waals surface area contributed by atoms with Crippen molar-refractivity contribution in [3.63, 3.8) is 0 Å². The van der Waals surface area contributed by atoms with Crippen LogP contribution in [0.4, 0.5) is 22.7 Å². The zero-order chi connectivity index (χ0) is 11.5. The number of hydrogen-bond donors (Lipinski definition) is 3. The van der Waals surface area contributed by atoms with Gasteiger partial charge in [-0.05, 0) is 37.3 Å². The quantitative estimate of drug-likeness (QED) is 0.672. The summed E-state index contributed by atoms with van der Waals surface area (Å²) in [7, 11) is 0. The van der Waals surface area contributed by atoms with Gasteiger partial charge in [-0.1, -0.05) is 17.7 Å². The van der Waals surface area contributed by atoms with Crippen LogP contribution >= 0.6 is 0 Å². The van der Waals surface area contributed by atoms with Gasteiger partial charge in [-0.15, -0.1) is 0 Å². The van der Waals surface area contributed by atoms with Crippen LogP contribution < -0.4 is 16.8 Å². The molecule has 0 atom stereocenters. The predicted molar refractivity (Wildman–Crippen MR) is 69.7 cm³/mol. The van der Waals surface area contributed by atoms with Gasteiger partial charge >= 0.3 is 0 Å². The minimum absolute atomic E-state index is 0.662. The van der Waals surface area contributed by atoms with E-state index in [9.17, 15) is 0 Å². The van der Waals surface area contributed by atoms with Crippen LogP contribution in [0.3, 0.4) is 0 Å². The van der Waals surface area contributed by atoms with E-state index in [0.29, 0.717) is 11.4 Å². The Morgan fingerprint density at radius 1 is 0.812 bits per heavy atom. The normalized spacial score (nSPS) is 10.1. The molecule has 82 valence electrons. The number of rotatable bonds is 2. The van der Waals surface area contributed by atoms with Crippen molar-refractivity contribution in [2.75, 3.05) is 16.8 Å². The summed E-state index contributed by atoms with van der Waals surface area (Å²) in [5.74, 6) is 0. The Balaban J connectivity index is 2.23. The van der Waals surface area contributed by atoms with Crippen LogP contribution in [0.25, 0.3) is 0 Å². The monoisotopic (exact) mass is 213 g/mol. The number of aryl methyl sites for hydroxylation is 1. The molecule has 0 aliphatic carbocycles. The first-order valence-corrected chi connectivity index (χ1v) is 5.13. The minimum Gasteiger partial charge on any atom is -0.399 e. The maximum Gasteiger partial charge on any atom is 0.0425 e. The lowest BCUT2D eigenvalue weighted by molar-refractivity contribution is 1.45. The molecule has 3 nitrogen and oxygen atoms in total. The zero-order valence-corrected chi connectivity index (χ0v) is 9.20. The summed E-state index contributed by atoms with van der Waals surface area (Å²) < 4.78 is 0. The average molecular weight is 213 g/mol. The highest BCUT2D eigenvalue weighted by atomic mass is 14.9. The molecular formula is C13H15N3. The van der Waals surface area contributed by atoms with Crippen molar-refractivity contribution >= 4 is 22.7 Å². The number of anilines is 4. The third-order valence-electron chi connectivity index (χ3n) is 2.32. The van der Waals surface area contributed by atoms with Gasteiger partial charge in [0.2, 0.25) is 0 Å². The highest BCUT2D eigenvalue weighted by Crippen LogP contribution is 2.22. The van der Waals surface area contributed by atoms with Crippen LogP contribution in [0, 0.1) is 6.92 Å². The van der Waals surface area contributed by atoms with E-state index in [1.807, 2.05) is 24.3 Å². The highest BCUT2D eigenvalue weighted by molar-refractivity contribution is 5.69. The Labute approximate surface area is 95.1 Å². The number of nitrogen functional groups attached to an aromatic ring is 2. The van der Waals surface area contributed by atoms with Crippen LogP contribution in [-0.2, 0) is 0 Å². The molecule has 0 saturated carbocycles. The summed E-state index contributed by atoms with van der Waals surface area (Å²) in [6, 6.07) is 13.6. The van der Waals surface area contributed by atoms with Gasteiger partial charge in [0.25, 0.3) is 0 Å². The smallest absolute Gasteiger partial charge is 0.0425 e. The van der Waals surface area contributed by atoms with Crippen molar-refractivity contribution in [2.24, 2.45) is 0 Å². The Hall–Kier alpha value is -2.16. The summed E-state index contributed by atoms with van der Waals surface area (Å²) in [6.07, 6.45) is 0. The average Bonchev–Trinajstić information content (AvgIpc) is 2.20. The van der Waals surface area contributed by atoms with Gasteiger partial charge < -0.3 is 16.8 Å². The van der Waals surface area contributed by atoms with Crippen LogP contribution in [-0.4, -0.2) is 0 Å². The largest absolute Gasteiger partial charge is 0.399 e. The van der Waals surface area contributed by atoms with Crippen molar-refractivity contribution in [3.8, 4) is 0 Å². The van der Waals surface area contributed by atoms with Crippen molar-refractivity contribution in [1.82, 2.24) is 0 Å². The molecule has 2 rings (SSSR count). The minimum atomic E-state index is 0.662. The summed E-state index contributed by atoms with van der Waals surface area (Å²) in [6.45, 7) is 2.06. The molecule has 0 saturated heterocycles. The van der Waals surface area contributed by atoms with Gasteiger partial charge in [-0.25, -0.2) is 0 Å². The van der Waals surface area contributed by atoms with E-state index in [1.165, 1.54) is 5.56 Å². The van der Waals surface area contributed by atoms with Crippen molar-refractivity contribution in [3.05, 3.63) is 48.0 Å². The standard InChI is InChI=1S/C13H15N3/c1-9-2-4-12(5-3-9)16-13-7-10(14)6-11(15)8-13/h2-8,16H,14-15H2,1H3. The molecule has 5 N–H and O–H groups in total. The fourth-order valence-corrected chi connectivity index (χ4v) is 1.55. The number of benzene rings is 2. The van der Waals surface area contributed by atoms with E-state index in [2.05, 4.69) is 24.4 Å². The lowest BCUT2D eigenvalue weighted by Crippen LogP contribution is -1.95. The van der Waals surface area contributed by atoms with E-state index in [4.69, 9.17) is 11.5 Å². The van der Waals surface area contributed by atoms with Gasteiger partial charge in [0.15, 0.2) is 0 Å². The molecule has 0 aliphatic rings. The molecule has 0 aromatic heterocycles. The Morgan fingerprint density at radius 2 is 1.38 bits per heavy atom. The first-order valence-electron chi connectivity index (χ1n) is 5.13. The van der Waals surface area contributed by atoms with Crippen LogP contribution in [0.15, 0.2) is 42.5 Å². The summed E-state index contributed by atoms with van der Waals surface area (Å²) >= 11 is 0. The molecule has 0 fully saturated rings. The fourth-order valence-electron chi connectivity index (χ4n) is 1.55. The topological polar surface area (TPSA) is 64.1 Å². The number of nitrogens with two attached hydrogens (primary N) is 2. The van der Waals surface area contributed by atoms with E-state index < -0.39 is 0 Å². The van der Waals surface area contributed by atoms with E-state index in [1.54, 1.807) is 6.07 Å². The Bertz CT molecular complexity index is 469. The second kappa shape index (κ2) is 4.14.